The molecule has 0 saturated carbocycles. The van der Waals surface area contributed by atoms with E-state index in [2.05, 4.69) is 15.9 Å². The quantitative estimate of drug-likeness (QED) is 0.693. The van der Waals surface area contributed by atoms with Crippen LogP contribution in [0.25, 0.3) is 0 Å². The van der Waals surface area contributed by atoms with Crippen molar-refractivity contribution < 1.29 is 9.90 Å². The molecule has 0 spiro atoms. The zero-order valence-electron chi connectivity index (χ0n) is 7.64. The van der Waals surface area contributed by atoms with Gasteiger partial charge < -0.3 is 10.0 Å². The number of aromatic carboxylic acids is 1. The van der Waals surface area contributed by atoms with Gasteiger partial charge in [0, 0.05) is 13.2 Å². The first-order valence-electron chi connectivity index (χ1n) is 3.86. The summed E-state index contributed by atoms with van der Waals surface area (Å²) in [5, 5.41) is 8.64. The normalized spacial score (nSPS) is 9.14. The number of carbonyl (C=O) groups is 1. The predicted octanol–water partition coefficient (Wildman–Crippen LogP) is 0.244. The summed E-state index contributed by atoms with van der Waals surface area (Å²) in [7, 11) is 1.73. The van der Waals surface area contributed by atoms with E-state index in [0.717, 1.165) is 0 Å². The number of anilines is 1. The fourth-order valence-corrected chi connectivity index (χ4v) is 0.883. The average molecular weight is 191 g/mol. The van der Waals surface area contributed by atoms with Crippen LogP contribution in [0.3, 0.4) is 0 Å². The highest BCUT2D eigenvalue weighted by molar-refractivity contribution is 5.83. The van der Waals surface area contributed by atoms with Crippen LogP contribution in [-0.2, 0) is 0 Å². The molecule has 1 aromatic rings. The number of aromatic nitrogens is 2. The molecule has 1 rings (SSSR count). The van der Waals surface area contributed by atoms with Gasteiger partial charge in [-0.3, -0.25) is 0 Å². The molecule has 1 heterocycles. The van der Waals surface area contributed by atoms with Crippen LogP contribution in [0.1, 0.15) is 10.6 Å². The number of terminal acetylenes is 1. The van der Waals surface area contributed by atoms with Crippen LogP contribution in [-0.4, -0.2) is 34.6 Å². The number of nitrogens with zero attached hydrogens (tertiary/aromatic N) is 3. The van der Waals surface area contributed by atoms with Crippen LogP contribution < -0.4 is 4.90 Å². The Morgan fingerprint density at radius 3 is 3.07 bits per heavy atom. The molecule has 1 aromatic heterocycles. The van der Waals surface area contributed by atoms with Gasteiger partial charge in [-0.05, 0) is 6.07 Å². The van der Waals surface area contributed by atoms with Crippen molar-refractivity contribution in [2.75, 3.05) is 18.5 Å². The van der Waals surface area contributed by atoms with Crippen LogP contribution in [0, 0.1) is 12.3 Å². The van der Waals surface area contributed by atoms with E-state index in [0.29, 0.717) is 12.4 Å². The van der Waals surface area contributed by atoms with Crippen molar-refractivity contribution in [1.29, 1.82) is 0 Å². The first kappa shape index (κ1) is 9.99. The first-order chi connectivity index (χ1) is 6.65. The van der Waals surface area contributed by atoms with Gasteiger partial charge in [0.2, 0.25) is 5.82 Å². The Morgan fingerprint density at radius 1 is 1.79 bits per heavy atom. The van der Waals surface area contributed by atoms with Crippen LogP contribution in [0.5, 0.6) is 0 Å². The monoisotopic (exact) mass is 191 g/mol. The molecule has 5 nitrogen and oxygen atoms in total. The predicted molar refractivity (Wildman–Crippen MR) is 51.1 cm³/mol. The lowest BCUT2D eigenvalue weighted by Gasteiger charge is -2.14. The van der Waals surface area contributed by atoms with Gasteiger partial charge in [0.1, 0.15) is 5.82 Å². The maximum atomic E-state index is 10.5. The second-order valence-corrected chi connectivity index (χ2v) is 2.60. The molecule has 0 saturated heterocycles. The summed E-state index contributed by atoms with van der Waals surface area (Å²) in [6.45, 7) is 0.371. The molecule has 14 heavy (non-hydrogen) atoms. The highest BCUT2D eigenvalue weighted by atomic mass is 16.4. The lowest BCUT2D eigenvalue weighted by atomic mass is 10.4. The molecular formula is C9H9N3O2. The van der Waals surface area contributed by atoms with Crippen molar-refractivity contribution >= 4 is 11.8 Å². The largest absolute Gasteiger partial charge is 0.475 e. The van der Waals surface area contributed by atoms with Gasteiger partial charge in [-0.2, -0.15) is 0 Å². The molecular weight excluding hydrogens is 182 g/mol. The summed E-state index contributed by atoms with van der Waals surface area (Å²) in [5.74, 6) is 1.55. The SMILES string of the molecule is C#CCN(C)c1ccnc(C(=O)O)n1. The van der Waals surface area contributed by atoms with Crippen molar-refractivity contribution in [3.05, 3.63) is 18.1 Å². The Balaban J connectivity index is 2.94. The minimum atomic E-state index is -1.15. The average Bonchev–Trinajstić information content (AvgIpc) is 2.18. The zero-order valence-corrected chi connectivity index (χ0v) is 7.64. The van der Waals surface area contributed by atoms with E-state index in [1.165, 1.54) is 6.20 Å². The molecule has 1 N–H and O–H groups in total. The lowest BCUT2D eigenvalue weighted by molar-refractivity contribution is 0.0683. The summed E-state index contributed by atoms with van der Waals surface area (Å²) in [6.07, 6.45) is 6.50. The summed E-state index contributed by atoms with van der Waals surface area (Å²) in [6, 6.07) is 1.60. The molecule has 0 fully saturated rings. The number of carboxylic acids is 1. The Bertz CT molecular complexity index is 384. The van der Waals surface area contributed by atoms with Crippen molar-refractivity contribution in [1.82, 2.24) is 9.97 Å². The fraction of sp³-hybridized carbons (Fsp3) is 0.222. The fourth-order valence-electron chi connectivity index (χ4n) is 0.883. The molecule has 0 amide bonds. The Labute approximate surface area is 81.4 Å². The summed E-state index contributed by atoms with van der Waals surface area (Å²) < 4.78 is 0. The van der Waals surface area contributed by atoms with E-state index in [1.54, 1.807) is 18.0 Å². The van der Waals surface area contributed by atoms with E-state index in [1.807, 2.05) is 0 Å². The number of hydrogen-bond donors (Lipinski definition) is 1. The van der Waals surface area contributed by atoms with E-state index in [9.17, 15) is 4.79 Å². The molecule has 0 aliphatic carbocycles. The maximum absolute atomic E-state index is 10.5. The minimum absolute atomic E-state index is 0.230. The second kappa shape index (κ2) is 4.23. The van der Waals surface area contributed by atoms with E-state index < -0.39 is 5.97 Å². The highest BCUT2D eigenvalue weighted by Gasteiger charge is 2.08. The molecule has 0 aromatic carbocycles. The third-order valence-electron chi connectivity index (χ3n) is 1.55. The molecule has 0 radical (unpaired) electrons. The number of hydrogen-bond acceptors (Lipinski definition) is 4. The van der Waals surface area contributed by atoms with E-state index in [-0.39, 0.29) is 5.82 Å². The van der Waals surface area contributed by atoms with E-state index >= 15 is 0 Å². The van der Waals surface area contributed by atoms with Gasteiger partial charge in [-0.25, -0.2) is 14.8 Å². The lowest BCUT2D eigenvalue weighted by Crippen LogP contribution is -2.19. The number of carboxylic acid groups (broad SMARTS) is 1. The van der Waals surface area contributed by atoms with Crippen molar-refractivity contribution in [3.8, 4) is 12.3 Å². The third-order valence-corrected chi connectivity index (χ3v) is 1.55. The third kappa shape index (κ3) is 2.20. The zero-order chi connectivity index (χ0) is 10.6. The van der Waals surface area contributed by atoms with Crippen LogP contribution in [0.4, 0.5) is 5.82 Å². The minimum Gasteiger partial charge on any atom is -0.475 e. The molecule has 0 bridgehead atoms. The Morgan fingerprint density at radius 2 is 2.50 bits per heavy atom. The summed E-state index contributed by atoms with van der Waals surface area (Å²) >= 11 is 0. The van der Waals surface area contributed by atoms with Gasteiger partial charge in [-0.15, -0.1) is 6.42 Å². The van der Waals surface area contributed by atoms with Crippen molar-refractivity contribution in [2.24, 2.45) is 0 Å². The molecule has 0 aliphatic rings. The summed E-state index contributed by atoms with van der Waals surface area (Å²) in [4.78, 5) is 19.6. The molecule has 72 valence electrons. The van der Waals surface area contributed by atoms with Crippen LogP contribution in [0.15, 0.2) is 12.3 Å². The van der Waals surface area contributed by atoms with Gasteiger partial charge in [-0.1, -0.05) is 5.92 Å². The molecule has 0 unspecified atom stereocenters. The molecule has 0 aliphatic heterocycles. The number of rotatable bonds is 3. The second-order valence-electron chi connectivity index (χ2n) is 2.60. The maximum Gasteiger partial charge on any atom is 0.374 e. The molecule has 5 heteroatoms. The van der Waals surface area contributed by atoms with Crippen molar-refractivity contribution in [2.45, 2.75) is 0 Å². The Kier molecular flexibility index (Phi) is 3.02. The van der Waals surface area contributed by atoms with Gasteiger partial charge in [0.15, 0.2) is 0 Å². The van der Waals surface area contributed by atoms with Crippen molar-refractivity contribution in [3.63, 3.8) is 0 Å². The van der Waals surface area contributed by atoms with Gasteiger partial charge in [0.05, 0.1) is 6.54 Å². The van der Waals surface area contributed by atoms with Gasteiger partial charge in [0.25, 0.3) is 0 Å². The van der Waals surface area contributed by atoms with Crippen LogP contribution >= 0.6 is 0 Å². The Hall–Kier alpha value is -2.09. The smallest absolute Gasteiger partial charge is 0.374 e. The summed E-state index contributed by atoms with van der Waals surface area (Å²) in [5.41, 5.74) is 0. The standard InChI is InChI=1S/C9H9N3O2/c1-3-6-12(2)7-4-5-10-8(11-7)9(13)14/h1,4-5H,6H2,2H3,(H,13,14). The van der Waals surface area contributed by atoms with Crippen LogP contribution in [0.2, 0.25) is 0 Å². The van der Waals surface area contributed by atoms with E-state index in [4.69, 9.17) is 11.5 Å². The molecule has 0 atom stereocenters. The van der Waals surface area contributed by atoms with Gasteiger partial charge >= 0.3 is 5.97 Å². The first-order valence-corrected chi connectivity index (χ1v) is 3.86. The topological polar surface area (TPSA) is 66.3 Å². The highest BCUT2D eigenvalue weighted by Crippen LogP contribution is 2.06.